The Balaban J connectivity index is 0.00000287. The summed E-state index contributed by atoms with van der Waals surface area (Å²) in [5.41, 5.74) is 6.70. The molecule has 4 heteroatoms. The number of hydrogen-bond acceptors (Lipinski definition) is 4. The second-order valence-electron chi connectivity index (χ2n) is 10.5. The van der Waals surface area contributed by atoms with Crippen molar-refractivity contribution in [3.63, 3.8) is 0 Å². The van der Waals surface area contributed by atoms with Crippen molar-refractivity contribution < 1.29 is 19.4 Å². The van der Waals surface area contributed by atoms with Gasteiger partial charge in [-0.05, 0) is 91.1 Å². The predicted molar refractivity (Wildman–Crippen MR) is 172 cm³/mol. The summed E-state index contributed by atoms with van der Waals surface area (Å²) < 4.78 is 10.9. The van der Waals surface area contributed by atoms with Gasteiger partial charge in [0.25, 0.3) is 0 Å². The van der Waals surface area contributed by atoms with Crippen molar-refractivity contribution in [2.45, 2.75) is 98.7 Å². The van der Waals surface area contributed by atoms with Crippen LogP contribution in [0.4, 0.5) is 0 Å². The number of ether oxygens (including phenoxy) is 2. The Bertz CT molecular complexity index is 1280. The van der Waals surface area contributed by atoms with Crippen molar-refractivity contribution in [3.8, 4) is 5.75 Å². The normalized spacial score (nSPS) is 11.7. The lowest BCUT2D eigenvalue weighted by molar-refractivity contribution is 0.0600. The van der Waals surface area contributed by atoms with Crippen LogP contribution in [0.3, 0.4) is 0 Å². The maximum atomic E-state index is 11.7. The predicted octanol–water partition coefficient (Wildman–Crippen LogP) is 9.37. The Morgan fingerprint density at radius 2 is 1.37 bits per heavy atom. The Labute approximate surface area is 248 Å². The molecule has 41 heavy (non-hydrogen) atoms. The molecule has 0 radical (unpaired) electrons. The fraction of sp³-hybridized carbons (Fsp3) is 0.432. The second-order valence-corrected chi connectivity index (χ2v) is 10.5. The van der Waals surface area contributed by atoms with Crippen molar-refractivity contribution >= 4 is 12.0 Å². The third kappa shape index (κ3) is 8.10. The van der Waals surface area contributed by atoms with E-state index < -0.39 is 5.60 Å². The van der Waals surface area contributed by atoms with E-state index in [1.54, 1.807) is 12.1 Å². The van der Waals surface area contributed by atoms with Gasteiger partial charge in [-0.2, -0.15) is 0 Å². The largest absolute Gasteiger partial charge is 0.489 e. The van der Waals surface area contributed by atoms with Crippen LogP contribution in [0.25, 0.3) is 6.08 Å². The number of benzene rings is 3. The second kappa shape index (κ2) is 15.6. The first-order chi connectivity index (χ1) is 19.6. The van der Waals surface area contributed by atoms with Crippen LogP contribution in [0, 0.1) is 13.8 Å². The topological polar surface area (TPSA) is 55.8 Å². The molecule has 0 aliphatic carbocycles. The van der Waals surface area contributed by atoms with Crippen LogP contribution in [-0.2, 0) is 16.8 Å². The number of aryl methyl sites for hydroxylation is 2. The van der Waals surface area contributed by atoms with E-state index in [1.165, 1.54) is 23.8 Å². The van der Waals surface area contributed by atoms with Crippen LogP contribution in [0.5, 0.6) is 5.75 Å². The number of hydrogen-bond donors (Lipinski definition) is 1. The average molecular weight is 559 g/mol. The summed E-state index contributed by atoms with van der Waals surface area (Å²) in [5.74, 6) is 0.513. The van der Waals surface area contributed by atoms with E-state index in [9.17, 15) is 9.90 Å². The van der Waals surface area contributed by atoms with Crippen molar-refractivity contribution in [2.24, 2.45) is 0 Å². The third-order valence-corrected chi connectivity index (χ3v) is 8.32. The van der Waals surface area contributed by atoms with Crippen molar-refractivity contribution in [2.75, 3.05) is 7.11 Å². The van der Waals surface area contributed by atoms with Gasteiger partial charge in [0.05, 0.1) is 18.3 Å². The molecule has 0 bridgehead atoms. The lowest BCUT2D eigenvalue weighted by Crippen LogP contribution is -2.26. The number of rotatable bonds is 12. The number of esters is 1. The molecular formula is C37H50O4. The van der Waals surface area contributed by atoms with E-state index >= 15 is 0 Å². The lowest BCUT2D eigenvalue weighted by atomic mass is 9.70. The van der Waals surface area contributed by atoms with Crippen molar-refractivity contribution in [1.82, 2.24) is 0 Å². The smallest absolute Gasteiger partial charge is 0.337 e. The van der Waals surface area contributed by atoms with Gasteiger partial charge in [0.15, 0.2) is 0 Å². The molecule has 222 valence electrons. The summed E-state index contributed by atoms with van der Waals surface area (Å²) in [7, 11) is 1.38. The van der Waals surface area contributed by atoms with Crippen LogP contribution in [-0.4, -0.2) is 23.8 Å². The highest BCUT2D eigenvalue weighted by Crippen LogP contribution is 2.41. The molecule has 0 heterocycles. The summed E-state index contributed by atoms with van der Waals surface area (Å²) in [6, 6.07) is 20.6. The molecule has 0 fully saturated rings. The van der Waals surface area contributed by atoms with Gasteiger partial charge in [0.1, 0.15) is 12.4 Å². The summed E-state index contributed by atoms with van der Waals surface area (Å²) in [6.45, 7) is 17.2. The van der Waals surface area contributed by atoms with Crippen LogP contribution < -0.4 is 4.74 Å². The standard InChI is InChI=1S/C35H44O4.C2H6/c1-8-34(37,9-2)21-20-28-16-17-30(22-25(28)5)35(10-3,11-4)31-18-19-32(26(6)23-31)39-24-27-12-14-29(15-13-27)33(36)38-7;1-2/h12-23,37H,8-11,24H2,1-7H3;1-2H3/b21-20+;. The zero-order valence-electron chi connectivity index (χ0n) is 26.6. The van der Waals surface area contributed by atoms with Crippen molar-refractivity contribution in [3.05, 3.63) is 106 Å². The number of carbonyl (C=O) groups excluding carboxylic acids is 1. The van der Waals surface area contributed by atoms with Crippen LogP contribution in [0.15, 0.2) is 66.7 Å². The number of methoxy groups -OCH3 is 1. The minimum atomic E-state index is -0.754. The maximum Gasteiger partial charge on any atom is 0.337 e. The van der Waals surface area contributed by atoms with Gasteiger partial charge in [-0.25, -0.2) is 4.79 Å². The van der Waals surface area contributed by atoms with E-state index in [0.717, 1.165) is 35.3 Å². The van der Waals surface area contributed by atoms with Gasteiger partial charge in [-0.15, -0.1) is 0 Å². The molecule has 0 unspecified atom stereocenters. The summed E-state index contributed by atoms with van der Waals surface area (Å²) in [4.78, 5) is 11.7. The van der Waals surface area contributed by atoms with Gasteiger partial charge >= 0.3 is 5.97 Å². The highest BCUT2D eigenvalue weighted by atomic mass is 16.5. The van der Waals surface area contributed by atoms with E-state index in [2.05, 4.69) is 70.2 Å². The Morgan fingerprint density at radius 1 is 0.805 bits per heavy atom. The fourth-order valence-corrected chi connectivity index (χ4v) is 5.25. The summed E-state index contributed by atoms with van der Waals surface area (Å²) in [5, 5.41) is 10.7. The molecule has 0 saturated heterocycles. The maximum absolute atomic E-state index is 11.7. The number of carbonyl (C=O) groups is 1. The van der Waals surface area contributed by atoms with Gasteiger partial charge in [-0.1, -0.05) is 96.2 Å². The van der Waals surface area contributed by atoms with E-state index in [1.807, 2.05) is 45.9 Å². The first-order valence-electron chi connectivity index (χ1n) is 15.1. The van der Waals surface area contributed by atoms with Gasteiger partial charge in [0.2, 0.25) is 0 Å². The fourth-order valence-electron chi connectivity index (χ4n) is 5.25. The van der Waals surface area contributed by atoms with E-state index in [0.29, 0.717) is 25.0 Å². The third-order valence-electron chi connectivity index (χ3n) is 8.32. The monoisotopic (exact) mass is 558 g/mol. The van der Waals surface area contributed by atoms with E-state index in [-0.39, 0.29) is 11.4 Å². The summed E-state index contributed by atoms with van der Waals surface area (Å²) in [6.07, 6.45) is 7.37. The molecule has 0 aliphatic heterocycles. The van der Waals surface area contributed by atoms with Gasteiger partial charge < -0.3 is 14.6 Å². The molecule has 0 amide bonds. The molecule has 3 aromatic rings. The Morgan fingerprint density at radius 3 is 1.85 bits per heavy atom. The molecule has 0 spiro atoms. The van der Waals surface area contributed by atoms with E-state index in [4.69, 9.17) is 9.47 Å². The first kappa shape index (κ1) is 33.8. The summed E-state index contributed by atoms with van der Waals surface area (Å²) >= 11 is 0. The number of aliphatic hydroxyl groups is 1. The zero-order chi connectivity index (χ0) is 30.6. The zero-order valence-corrected chi connectivity index (χ0v) is 26.6. The molecular weight excluding hydrogens is 508 g/mol. The highest BCUT2D eigenvalue weighted by molar-refractivity contribution is 5.89. The molecule has 4 nitrogen and oxygen atoms in total. The molecule has 3 aromatic carbocycles. The molecule has 0 aliphatic rings. The molecule has 1 N–H and O–H groups in total. The highest BCUT2D eigenvalue weighted by Gasteiger charge is 2.31. The SMILES string of the molecule is CC.CCC(O)(/C=C/c1ccc(C(CC)(CC)c2ccc(OCc3ccc(C(=O)OC)cc3)c(C)c2)cc1C)CC. The minimum Gasteiger partial charge on any atom is -0.489 e. The van der Waals surface area contributed by atoms with Gasteiger partial charge in [0, 0.05) is 5.41 Å². The molecule has 0 aromatic heterocycles. The minimum absolute atomic E-state index is 0.104. The lowest BCUT2D eigenvalue weighted by Gasteiger charge is -2.34. The van der Waals surface area contributed by atoms with Crippen molar-refractivity contribution in [1.29, 1.82) is 0 Å². The first-order valence-corrected chi connectivity index (χ1v) is 15.1. The van der Waals surface area contributed by atoms with Gasteiger partial charge in [-0.3, -0.25) is 0 Å². The van der Waals surface area contributed by atoms with Crippen LogP contribution in [0.1, 0.15) is 111 Å². The van der Waals surface area contributed by atoms with Crippen LogP contribution >= 0.6 is 0 Å². The molecule has 3 rings (SSSR count). The quantitative estimate of drug-likeness (QED) is 0.225. The molecule has 0 saturated carbocycles. The Hall–Kier alpha value is -3.37. The molecule has 0 atom stereocenters. The average Bonchev–Trinajstić information content (AvgIpc) is 3.01. The Kier molecular flexibility index (Phi) is 12.9. The van der Waals surface area contributed by atoms with Crippen LogP contribution in [0.2, 0.25) is 0 Å².